The van der Waals surface area contributed by atoms with E-state index in [1.54, 1.807) is 7.11 Å². The van der Waals surface area contributed by atoms with Crippen molar-refractivity contribution in [2.24, 2.45) is 0 Å². The van der Waals surface area contributed by atoms with Gasteiger partial charge in [-0.2, -0.15) is 0 Å². The summed E-state index contributed by atoms with van der Waals surface area (Å²) < 4.78 is 24.8. The van der Waals surface area contributed by atoms with Crippen LogP contribution in [0.2, 0.25) is 0 Å². The summed E-state index contributed by atoms with van der Waals surface area (Å²) in [5, 5.41) is 24.7. The van der Waals surface area contributed by atoms with Crippen LogP contribution in [-0.4, -0.2) is 42.3 Å². The number of fused-ring (bicyclic) bond motifs is 9. The maximum atomic E-state index is 11.9. The third-order valence-corrected chi connectivity index (χ3v) is 16.4. The van der Waals surface area contributed by atoms with E-state index in [9.17, 15) is 5.11 Å². The Bertz CT molecular complexity index is 2980. The van der Waals surface area contributed by atoms with Crippen molar-refractivity contribution in [3.63, 3.8) is 0 Å². The Hall–Kier alpha value is -5.65. The van der Waals surface area contributed by atoms with E-state index >= 15 is 0 Å². The number of benzene rings is 8. The Morgan fingerprint density at radius 2 is 1.12 bits per heavy atom. The molecule has 11 rings (SSSR count). The van der Waals surface area contributed by atoms with Crippen molar-refractivity contribution in [3.8, 4) is 45.3 Å². The molecule has 0 bridgehead atoms. The fourth-order valence-electron chi connectivity index (χ4n) is 10.4. The molecule has 1 fully saturated rings. The number of rotatable bonds is 3. The van der Waals surface area contributed by atoms with Crippen molar-refractivity contribution in [3.05, 3.63) is 145 Å². The molecule has 2 aliphatic heterocycles. The van der Waals surface area contributed by atoms with E-state index in [2.05, 4.69) is 139 Å². The second kappa shape index (κ2) is 13.2. The number of nitrogens with one attached hydrogen (secondary N) is 1. The quantitative estimate of drug-likeness (QED) is 0.174. The van der Waals surface area contributed by atoms with Gasteiger partial charge in [-0.25, -0.2) is 0 Å². The Kier molecular flexibility index (Phi) is 8.07. The minimum atomic E-state index is -3.92. The van der Waals surface area contributed by atoms with Gasteiger partial charge >= 0.3 is 340 Å². The van der Waals surface area contributed by atoms with Crippen molar-refractivity contribution >= 4 is 50.3 Å². The van der Waals surface area contributed by atoms with Gasteiger partial charge in [0.25, 0.3) is 0 Å². The van der Waals surface area contributed by atoms with Crippen LogP contribution in [0.15, 0.2) is 133 Å². The monoisotopic (exact) mass is 782 g/mol. The summed E-state index contributed by atoms with van der Waals surface area (Å²) in [6.07, 6.45) is 4.46. The molecular formula is C51H47N2O4P. The standard InChI is InChI=1S/C51H47N2O4P/c1-55-45-27-25-33-15-5-9-19-39(33)47(45)49-41-21-11-7-17-35(41)29-37-31-53-43-23-13-12-22-42(43)52-30-36-28-34-16-6-10-20-40(34)48(50(36)56-58(53,2,3)57-51(37)49)46-38-18-8-4-14-32(38)24-26-44(46)54/h4-11,14-21,24-29,42-43,52,54H,12-13,22-23,30-31H2,1-3H3/t42-,43?/m0/s1. The summed E-state index contributed by atoms with van der Waals surface area (Å²) in [6, 6.07) is 47.1. The molecule has 0 aromatic heterocycles. The molecule has 8 aromatic rings. The van der Waals surface area contributed by atoms with Crippen LogP contribution in [0, 0.1) is 0 Å². The van der Waals surface area contributed by atoms with E-state index in [0.717, 1.165) is 108 Å². The average Bonchev–Trinajstić information content (AvgIpc) is 3.28. The molecule has 0 spiro atoms. The SMILES string of the molecule is COc1ccc2ccccc2c1-c1c2c(cc3ccccc13)CN1C3CCCC[C@@H]3NCc3cc4ccccc4c(-c4c(O)ccc5ccccc45)c3OP1(C)(C)O2. The van der Waals surface area contributed by atoms with Crippen LogP contribution in [0.1, 0.15) is 36.8 Å². The van der Waals surface area contributed by atoms with E-state index in [0.29, 0.717) is 13.1 Å². The molecule has 2 atom stereocenters. The normalized spacial score (nSPS) is 20.5. The van der Waals surface area contributed by atoms with Gasteiger partial charge in [0.1, 0.15) is 0 Å². The summed E-state index contributed by atoms with van der Waals surface area (Å²) in [7, 11) is -2.17. The molecule has 3 aliphatic rings. The molecule has 290 valence electrons. The molecule has 58 heavy (non-hydrogen) atoms. The van der Waals surface area contributed by atoms with Crippen molar-refractivity contribution < 1.29 is 18.9 Å². The summed E-state index contributed by atoms with van der Waals surface area (Å²) in [5.41, 5.74) is 5.92. The first kappa shape index (κ1) is 35.5. The fourth-order valence-corrected chi connectivity index (χ4v) is 13.8. The summed E-state index contributed by atoms with van der Waals surface area (Å²) >= 11 is 0. The van der Waals surface area contributed by atoms with E-state index in [1.165, 1.54) is 11.8 Å². The van der Waals surface area contributed by atoms with Gasteiger partial charge < -0.3 is 0 Å². The minimum absolute atomic E-state index is 0.190. The van der Waals surface area contributed by atoms with Gasteiger partial charge in [0.2, 0.25) is 0 Å². The zero-order chi connectivity index (χ0) is 39.2. The number of ether oxygens (including phenoxy) is 1. The van der Waals surface area contributed by atoms with E-state index in [4.69, 9.17) is 13.8 Å². The number of nitrogens with zero attached hydrogens (tertiary/aromatic N) is 1. The Morgan fingerprint density at radius 1 is 0.603 bits per heavy atom. The summed E-state index contributed by atoms with van der Waals surface area (Å²) in [4.78, 5) is 0. The molecule has 0 saturated heterocycles. The number of phenolic OH excluding ortho intramolecular Hbond substituents is 1. The Labute approximate surface area is 339 Å². The number of aromatic hydroxyl groups is 1. The van der Waals surface area contributed by atoms with Gasteiger partial charge in [-0.1, -0.05) is 0 Å². The molecule has 2 heterocycles. The summed E-state index contributed by atoms with van der Waals surface area (Å²) in [6.45, 7) is 5.83. The Morgan fingerprint density at radius 3 is 1.78 bits per heavy atom. The zero-order valence-corrected chi connectivity index (χ0v) is 34.1. The van der Waals surface area contributed by atoms with Crippen LogP contribution in [0.25, 0.3) is 65.3 Å². The number of methoxy groups -OCH3 is 1. The van der Waals surface area contributed by atoms with Crippen LogP contribution < -0.4 is 19.1 Å². The predicted molar refractivity (Wildman–Crippen MR) is 240 cm³/mol. The molecule has 0 radical (unpaired) electrons. The fraction of sp³-hybridized carbons (Fsp3) is 0.216. The zero-order valence-electron chi connectivity index (χ0n) is 33.2. The van der Waals surface area contributed by atoms with Gasteiger partial charge in [0, 0.05) is 0 Å². The van der Waals surface area contributed by atoms with Crippen LogP contribution in [0.5, 0.6) is 23.0 Å². The third-order valence-electron chi connectivity index (χ3n) is 13.1. The third kappa shape index (κ3) is 5.42. The molecule has 1 aliphatic carbocycles. The molecule has 7 heteroatoms. The number of hydrogen-bond acceptors (Lipinski definition) is 6. The first-order valence-corrected chi connectivity index (χ1v) is 23.5. The topological polar surface area (TPSA) is 63.2 Å². The van der Waals surface area contributed by atoms with E-state index in [1.807, 2.05) is 18.2 Å². The van der Waals surface area contributed by atoms with Gasteiger partial charge in [0.05, 0.1) is 0 Å². The van der Waals surface area contributed by atoms with E-state index < -0.39 is 7.21 Å². The van der Waals surface area contributed by atoms with Crippen LogP contribution in [0.3, 0.4) is 0 Å². The molecule has 0 amide bonds. The summed E-state index contributed by atoms with van der Waals surface area (Å²) in [5.74, 6) is 2.64. The van der Waals surface area contributed by atoms with Crippen LogP contribution in [-0.2, 0) is 13.1 Å². The van der Waals surface area contributed by atoms with Crippen molar-refractivity contribution in [2.45, 2.75) is 50.9 Å². The maximum absolute atomic E-state index is 11.9. The second-order valence-electron chi connectivity index (χ2n) is 16.9. The number of phenols is 1. The van der Waals surface area contributed by atoms with Crippen molar-refractivity contribution in [2.75, 3.05) is 20.4 Å². The molecule has 2 N–H and O–H groups in total. The molecule has 1 unspecified atom stereocenters. The predicted octanol–water partition coefficient (Wildman–Crippen LogP) is 12.6. The van der Waals surface area contributed by atoms with E-state index in [-0.39, 0.29) is 17.8 Å². The van der Waals surface area contributed by atoms with Gasteiger partial charge in [-0.3, -0.25) is 0 Å². The average molecular weight is 783 g/mol. The van der Waals surface area contributed by atoms with Gasteiger partial charge in [-0.15, -0.1) is 0 Å². The second-order valence-corrected chi connectivity index (χ2v) is 21.4. The van der Waals surface area contributed by atoms with Crippen molar-refractivity contribution in [1.82, 2.24) is 9.99 Å². The molecule has 6 nitrogen and oxygen atoms in total. The van der Waals surface area contributed by atoms with Crippen LogP contribution >= 0.6 is 7.21 Å². The molecule has 1 saturated carbocycles. The first-order chi connectivity index (χ1) is 28.3. The Balaban J connectivity index is 1.23. The van der Waals surface area contributed by atoms with Gasteiger partial charge in [0.15, 0.2) is 0 Å². The number of hydrogen-bond donors (Lipinski definition) is 2. The van der Waals surface area contributed by atoms with Crippen LogP contribution in [0.4, 0.5) is 0 Å². The molecule has 8 aromatic carbocycles. The molecular weight excluding hydrogens is 736 g/mol. The first-order valence-electron chi connectivity index (χ1n) is 20.6. The van der Waals surface area contributed by atoms with Gasteiger partial charge in [-0.05, 0) is 0 Å². The van der Waals surface area contributed by atoms with Crippen molar-refractivity contribution in [1.29, 1.82) is 0 Å².